The van der Waals surface area contributed by atoms with E-state index in [2.05, 4.69) is 12.1 Å². The lowest BCUT2D eigenvalue weighted by molar-refractivity contribution is -0.120. The van der Waals surface area contributed by atoms with Crippen LogP contribution in [0.2, 0.25) is 0 Å². The molecule has 0 aromatic heterocycles. The Morgan fingerprint density at radius 1 is 1.11 bits per heavy atom. The molecule has 0 saturated heterocycles. The summed E-state index contributed by atoms with van der Waals surface area (Å²) >= 11 is 0. The highest BCUT2D eigenvalue weighted by Crippen LogP contribution is 2.29. The van der Waals surface area contributed by atoms with Gasteiger partial charge in [0.1, 0.15) is 5.78 Å². The molecular formula is C16H23NO. The molecule has 18 heavy (non-hydrogen) atoms. The molecule has 0 atom stereocenters. The number of nitrogens with two attached hydrogens (primary N) is 1. The van der Waals surface area contributed by atoms with E-state index in [0.717, 1.165) is 19.3 Å². The molecule has 1 aliphatic carbocycles. The lowest BCUT2D eigenvalue weighted by Crippen LogP contribution is -2.43. The highest BCUT2D eigenvalue weighted by molar-refractivity contribution is 5.79. The number of hydrogen-bond acceptors (Lipinski definition) is 2. The second-order valence-electron chi connectivity index (χ2n) is 5.62. The largest absolute Gasteiger partial charge is 0.325 e. The molecular weight excluding hydrogens is 222 g/mol. The molecule has 1 saturated carbocycles. The maximum atomic E-state index is 12.0. The average Bonchev–Trinajstić information content (AvgIpc) is 2.38. The van der Waals surface area contributed by atoms with Crippen LogP contribution < -0.4 is 5.73 Å². The fourth-order valence-corrected chi connectivity index (χ4v) is 2.84. The summed E-state index contributed by atoms with van der Waals surface area (Å²) < 4.78 is 0. The first-order chi connectivity index (χ1) is 8.68. The van der Waals surface area contributed by atoms with Crippen LogP contribution in [-0.2, 0) is 11.2 Å². The molecule has 2 rings (SSSR count). The zero-order chi connectivity index (χ0) is 12.8. The summed E-state index contributed by atoms with van der Waals surface area (Å²) in [5.41, 5.74) is 7.34. The monoisotopic (exact) mass is 245 g/mol. The molecule has 0 amide bonds. The van der Waals surface area contributed by atoms with Crippen molar-refractivity contribution in [3.8, 4) is 0 Å². The molecule has 1 aromatic rings. The van der Waals surface area contributed by atoms with Crippen molar-refractivity contribution in [1.29, 1.82) is 0 Å². The molecule has 98 valence electrons. The van der Waals surface area contributed by atoms with E-state index in [1.165, 1.54) is 24.8 Å². The van der Waals surface area contributed by atoms with Gasteiger partial charge in [0.25, 0.3) is 0 Å². The van der Waals surface area contributed by atoms with Crippen molar-refractivity contribution in [2.75, 3.05) is 0 Å². The number of rotatable bonds is 5. The summed E-state index contributed by atoms with van der Waals surface area (Å²) in [7, 11) is 0. The summed E-state index contributed by atoms with van der Waals surface area (Å²) in [5.74, 6) is 0.322. The first-order valence-corrected chi connectivity index (χ1v) is 7.02. The minimum absolute atomic E-state index is 0.202. The van der Waals surface area contributed by atoms with Crippen molar-refractivity contribution < 1.29 is 4.79 Å². The fourth-order valence-electron chi connectivity index (χ4n) is 2.84. The number of aryl methyl sites for hydroxylation is 1. The topological polar surface area (TPSA) is 43.1 Å². The molecule has 0 heterocycles. The van der Waals surface area contributed by atoms with Gasteiger partial charge in [0.15, 0.2) is 0 Å². The van der Waals surface area contributed by atoms with Crippen LogP contribution in [0.25, 0.3) is 0 Å². The van der Waals surface area contributed by atoms with Crippen LogP contribution in [0.5, 0.6) is 0 Å². The van der Waals surface area contributed by atoms with E-state index in [-0.39, 0.29) is 5.54 Å². The van der Waals surface area contributed by atoms with Crippen LogP contribution in [0.4, 0.5) is 0 Å². The summed E-state index contributed by atoms with van der Waals surface area (Å²) in [4.78, 5) is 12.0. The molecule has 2 nitrogen and oxygen atoms in total. The quantitative estimate of drug-likeness (QED) is 0.865. The Bertz CT molecular complexity index is 379. The highest BCUT2D eigenvalue weighted by Gasteiger charge is 2.29. The average molecular weight is 245 g/mol. The van der Waals surface area contributed by atoms with E-state index in [0.29, 0.717) is 18.6 Å². The van der Waals surface area contributed by atoms with Crippen molar-refractivity contribution in [2.45, 2.75) is 56.9 Å². The molecule has 0 aliphatic heterocycles. The van der Waals surface area contributed by atoms with Gasteiger partial charge in [-0.2, -0.15) is 0 Å². The summed E-state index contributed by atoms with van der Waals surface area (Å²) in [6.45, 7) is 0. The van der Waals surface area contributed by atoms with E-state index in [1.54, 1.807) is 0 Å². The molecule has 0 unspecified atom stereocenters. The van der Waals surface area contributed by atoms with Gasteiger partial charge in [0.05, 0.1) is 0 Å². The van der Waals surface area contributed by atoms with Crippen molar-refractivity contribution in [1.82, 2.24) is 0 Å². The van der Waals surface area contributed by atoms with Gasteiger partial charge in [-0.3, -0.25) is 4.79 Å². The van der Waals surface area contributed by atoms with Gasteiger partial charge in [-0.05, 0) is 24.8 Å². The Morgan fingerprint density at radius 2 is 1.78 bits per heavy atom. The van der Waals surface area contributed by atoms with Crippen LogP contribution in [0.1, 0.15) is 50.5 Å². The minimum atomic E-state index is -0.202. The van der Waals surface area contributed by atoms with Gasteiger partial charge < -0.3 is 5.73 Å². The second-order valence-corrected chi connectivity index (χ2v) is 5.62. The van der Waals surface area contributed by atoms with Crippen LogP contribution >= 0.6 is 0 Å². The van der Waals surface area contributed by atoms with Crippen LogP contribution in [0.3, 0.4) is 0 Å². The summed E-state index contributed by atoms with van der Waals surface area (Å²) in [5, 5.41) is 0. The lowest BCUT2D eigenvalue weighted by Gasteiger charge is -2.32. The zero-order valence-corrected chi connectivity index (χ0v) is 11.0. The van der Waals surface area contributed by atoms with Gasteiger partial charge in [-0.1, -0.05) is 49.6 Å². The van der Waals surface area contributed by atoms with E-state index >= 15 is 0 Å². The SMILES string of the molecule is NC1(CC(=O)CCc2ccccc2)CCCCC1. The molecule has 0 spiro atoms. The number of benzene rings is 1. The minimum Gasteiger partial charge on any atom is -0.325 e. The van der Waals surface area contributed by atoms with Crippen molar-refractivity contribution in [2.24, 2.45) is 5.73 Å². The molecule has 1 aromatic carbocycles. The Morgan fingerprint density at radius 3 is 2.44 bits per heavy atom. The molecule has 2 heteroatoms. The van der Waals surface area contributed by atoms with Crippen molar-refractivity contribution in [3.63, 3.8) is 0 Å². The first-order valence-electron chi connectivity index (χ1n) is 7.02. The predicted molar refractivity (Wildman–Crippen MR) is 74.4 cm³/mol. The summed E-state index contributed by atoms with van der Waals surface area (Å²) in [6, 6.07) is 10.2. The number of hydrogen-bond donors (Lipinski definition) is 1. The molecule has 2 N–H and O–H groups in total. The Balaban J connectivity index is 1.78. The smallest absolute Gasteiger partial charge is 0.135 e. The van der Waals surface area contributed by atoms with Crippen LogP contribution in [0.15, 0.2) is 30.3 Å². The Hall–Kier alpha value is -1.15. The fraction of sp³-hybridized carbons (Fsp3) is 0.562. The Kier molecular flexibility index (Phi) is 4.54. The van der Waals surface area contributed by atoms with Crippen molar-refractivity contribution in [3.05, 3.63) is 35.9 Å². The molecule has 0 bridgehead atoms. The van der Waals surface area contributed by atoms with E-state index in [9.17, 15) is 4.79 Å². The third-order valence-corrected chi connectivity index (χ3v) is 3.93. The standard InChI is InChI=1S/C16H23NO/c17-16(11-5-2-6-12-16)13-15(18)10-9-14-7-3-1-4-8-14/h1,3-4,7-8H,2,5-6,9-13,17H2. The lowest BCUT2D eigenvalue weighted by atomic mass is 9.78. The number of carbonyl (C=O) groups excluding carboxylic acids is 1. The molecule has 1 aliphatic rings. The van der Waals surface area contributed by atoms with E-state index in [4.69, 9.17) is 5.73 Å². The normalized spacial score (nSPS) is 18.5. The van der Waals surface area contributed by atoms with Gasteiger partial charge in [-0.15, -0.1) is 0 Å². The third kappa shape index (κ3) is 3.95. The molecule has 1 fully saturated rings. The number of carbonyl (C=O) groups is 1. The van der Waals surface area contributed by atoms with Gasteiger partial charge in [0.2, 0.25) is 0 Å². The predicted octanol–water partition coefficient (Wildman–Crippen LogP) is 3.24. The number of Topliss-reactive ketones (excluding diaryl/α,β-unsaturated/α-hetero) is 1. The maximum absolute atomic E-state index is 12.0. The summed E-state index contributed by atoms with van der Waals surface area (Å²) in [6.07, 6.45) is 7.72. The first kappa shape index (κ1) is 13.3. The second kappa shape index (κ2) is 6.14. The highest BCUT2D eigenvalue weighted by atomic mass is 16.1. The zero-order valence-electron chi connectivity index (χ0n) is 11.0. The van der Waals surface area contributed by atoms with E-state index in [1.807, 2.05) is 18.2 Å². The van der Waals surface area contributed by atoms with Gasteiger partial charge >= 0.3 is 0 Å². The van der Waals surface area contributed by atoms with Crippen LogP contribution in [-0.4, -0.2) is 11.3 Å². The van der Waals surface area contributed by atoms with Crippen molar-refractivity contribution >= 4 is 5.78 Å². The van der Waals surface area contributed by atoms with E-state index < -0.39 is 0 Å². The Labute approximate surface area is 110 Å². The maximum Gasteiger partial charge on any atom is 0.135 e. The van der Waals surface area contributed by atoms with Gasteiger partial charge in [-0.25, -0.2) is 0 Å². The van der Waals surface area contributed by atoms with Crippen LogP contribution in [0, 0.1) is 0 Å². The third-order valence-electron chi connectivity index (χ3n) is 3.93. The van der Waals surface area contributed by atoms with Gasteiger partial charge in [0, 0.05) is 18.4 Å². The molecule has 0 radical (unpaired) electrons. The number of ketones is 1.